The maximum atomic E-state index is 13.5. The van der Waals surface area contributed by atoms with Gasteiger partial charge in [0.25, 0.3) is 5.56 Å². The molecule has 5 nitrogen and oxygen atoms in total. The van der Waals surface area contributed by atoms with E-state index in [0.717, 1.165) is 42.7 Å². The highest BCUT2D eigenvalue weighted by Gasteiger charge is 2.25. The van der Waals surface area contributed by atoms with Crippen LogP contribution >= 0.6 is 11.8 Å². The van der Waals surface area contributed by atoms with Crippen molar-refractivity contribution in [1.29, 1.82) is 0 Å². The van der Waals surface area contributed by atoms with E-state index in [9.17, 15) is 9.59 Å². The zero-order valence-electron chi connectivity index (χ0n) is 17.7. The Balaban J connectivity index is 1.79. The SMILES string of the molecule is Cc1ccc(-n2c(SC(C)C(=O)N3CCCCC3)nc3ccccc3c2=O)c(C)c1. The highest BCUT2D eigenvalue weighted by Crippen LogP contribution is 2.28. The van der Waals surface area contributed by atoms with Gasteiger partial charge in [-0.05, 0) is 63.8 Å². The predicted octanol–water partition coefficient (Wildman–Crippen LogP) is 4.50. The number of likely N-dealkylation sites (tertiary alicyclic amines) is 1. The van der Waals surface area contributed by atoms with Crippen molar-refractivity contribution in [3.05, 3.63) is 63.9 Å². The Labute approximate surface area is 181 Å². The zero-order chi connectivity index (χ0) is 21.3. The molecule has 4 rings (SSSR count). The Morgan fingerprint density at radius 2 is 1.80 bits per heavy atom. The highest BCUT2D eigenvalue weighted by atomic mass is 32.2. The summed E-state index contributed by atoms with van der Waals surface area (Å²) in [5.74, 6) is 0.120. The van der Waals surface area contributed by atoms with E-state index in [2.05, 4.69) is 6.07 Å². The first-order valence-electron chi connectivity index (χ1n) is 10.5. The molecule has 0 radical (unpaired) electrons. The van der Waals surface area contributed by atoms with Gasteiger partial charge in [-0.2, -0.15) is 0 Å². The van der Waals surface area contributed by atoms with Gasteiger partial charge in [0.1, 0.15) is 0 Å². The molecule has 0 aliphatic carbocycles. The van der Waals surface area contributed by atoms with Crippen LogP contribution in [-0.2, 0) is 4.79 Å². The average molecular weight is 422 g/mol. The molecule has 1 unspecified atom stereocenters. The molecule has 30 heavy (non-hydrogen) atoms. The van der Waals surface area contributed by atoms with Gasteiger partial charge in [0.15, 0.2) is 5.16 Å². The van der Waals surface area contributed by atoms with E-state index >= 15 is 0 Å². The average Bonchev–Trinajstić information content (AvgIpc) is 2.75. The maximum absolute atomic E-state index is 13.5. The number of nitrogens with zero attached hydrogens (tertiary/aromatic N) is 3. The largest absolute Gasteiger partial charge is 0.342 e. The first-order chi connectivity index (χ1) is 14.5. The summed E-state index contributed by atoms with van der Waals surface area (Å²) in [6.07, 6.45) is 3.30. The molecule has 1 aromatic heterocycles. The lowest BCUT2D eigenvalue weighted by molar-refractivity contribution is -0.131. The molecule has 1 fully saturated rings. The highest BCUT2D eigenvalue weighted by molar-refractivity contribution is 8.00. The first-order valence-corrected chi connectivity index (χ1v) is 11.4. The standard InChI is InChI=1S/C24H27N3O2S/c1-16-11-12-21(17(2)15-16)27-23(29)19-9-5-6-10-20(19)25-24(27)30-18(3)22(28)26-13-7-4-8-14-26/h5-6,9-12,15,18H,4,7-8,13-14H2,1-3H3. The summed E-state index contributed by atoms with van der Waals surface area (Å²) < 4.78 is 1.67. The van der Waals surface area contributed by atoms with Crippen molar-refractivity contribution in [3.63, 3.8) is 0 Å². The number of carbonyl (C=O) groups is 1. The van der Waals surface area contributed by atoms with Crippen molar-refractivity contribution in [1.82, 2.24) is 14.5 Å². The van der Waals surface area contributed by atoms with E-state index in [4.69, 9.17) is 4.98 Å². The van der Waals surface area contributed by atoms with Gasteiger partial charge in [-0.3, -0.25) is 14.2 Å². The van der Waals surface area contributed by atoms with Crippen molar-refractivity contribution in [2.24, 2.45) is 0 Å². The Morgan fingerprint density at radius 3 is 2.53 bits per heavy atom. The minimum absolute atomic E-state index is 0.104. The van der Waals surface area contributed by atoms with Crippen LogP contribution in [0.5, 0.6) is 0 Å². The fraction of sp³-hybridized carbons (Fsp3) is 0.375. The van der Waals surface area contributed by atoms with Crippen LogP contribution in [0.2, 0.25) is 0 Å². The number of para-hydroxylation sites is 1. The number of aryl methyl sites for hydroxylation is 2. The number of fused-ring (bicyclic) bond motifs is 1. The van der Waals surface area contributed by atoms with Crippen molar-refractivity contribution < 1.29 is 4.79 Å². The number of rotatable bonds is 4. The fourth-order valence-electron chi connectivity index (χ4n) is 4.04. The van der Waals surface area contributed by atoms with E-state index in [-0.39, 0.29) is 16.7 Å². The molecule has 156 valence electrons. The third kappa shape index (κ3) is 4.01. The summed E-state index contributed by atoms with van der Waals surface area (Å²) >= 11 is 1.37. The Hall–Kier alpha value is -2.60. The second kappa shape index (κ2) is 8.64. The Morgan fingerprint density at radius 1 is 1.07 bits per heavy atom. The minimum Gasteiger partial charge on any atom is -0.342 e. The number of hydrogen-bond acceptors (Lipinski definition) is 4. The summed E-state index contributed by atoms with van der Waals surface area (Å²) in [6.45, 7) is 7.58. The number of benzene rings is 2. The van der Waals surface area contributed by atoms with Crippen molar-refractivity contribution in [3.8, 4) is 5.69 Å². The number of amides is 1. The van der Waals surface area contributed by atoms with Crippen LogP contribution in [-0.4, -0.2) is 38.7 Å². The number of carbonyl (C=O) groups excluding carboxylic acids is 1. The van der Waals surface area contributed by atoms with Crippen LogP contribution in [0, 0.1) is 13.8 Å². The molecule has 2 heterocycles. The lowest BCUT2D eigenvalue weighted by Crippen LogP contribution is -2.40. The molecule has 0 bridgehead atoms. The number of piperidine rings is 1. The Kier molecular flexibility index (Phi) is 5.95. The summed E-state index contributed by atoms with van der Waals surface area (Å²) in [4.78, 5) is 33.2. The van der Waals surface area contributed by atoms with Crippen LogP contribution < -0.4 is 5.56 Å². The molecule has 0 saturated carbocycles. The second-order valence-corrected chi connectivity index (χ2v) is 9.30. The zero-order valence-corrected chi connectivity index (χ0v) is 18.5. The molecule has 1 aliphatic rings. The molecule has 1 saturated heterocycles. The second-order valence-electron chi connectivity index (χ2n) is 7.99. The van der Waals surface area contributed by atoms with Gasteiger partial charge >= 0.3 is 0 Å². The first kappa shape index (κ1) is 20.7. The molecule has 2 aromatic carbocycles. The van der Waals surface area contributed by atoms with Gasteiger partial charge in [-0.1, -0.05) is 41.6 Å². The normalized spacial score (nSPS) is 15.4. The molecule has 3 aromatic rings. The summed E-state index contributed by atoms with van der Waals surface area (Å²) in [5.41, 5.74) is 3.51. The summed E-state index contributed by atoms with van der Waals surface area (Å²) in [6, 6.07) is 13.4. The molecule has 1 atom stereocenters. The molecule has 1 aliphatic heterocycles. The fourth-order valence-corrected chi connectivity index (χ4v) is 5.04. The molecule has 1 amide bonds. The topological polar surface area (TPSA) is 55.2 Å². The van der Waals surface area contributed by atoms with E-state index < -0.39 is 0 Å². The smallest absolute Gasteiger partial charge is 0.266 e. The third-order valence-corrected chi connectivity index (χ3v) is 6.68. The van der Waals surface area contributed by atoms with Gasteiger partial charge < -0.3 is 4.90 Å². The van der Waals surface area contributed by atoms with Crippen LogP contribution in [0.1, 0.15) is 37.3 Å². The molecule has 0 spiro atoms. The van der Waals surface area contributed by atoms with Crippen molar-refractivity contribution in [2.75, 3.05) is 13.1 Å². The molecular weight excluding hydrogens is 394 g/mol. The molecule has 6 heteroatoms. The van der Waals surface area contributed by atoms with Gasteiger partial charge in [0, 0.05) is 13.1 Å². The molecular formula is C24H27N3O2S. The van der Waals surface area contributed by atoms with E-state index in [1.54, 1.807) is 10.6 Å². The van der Waals surface area contributed by atoms with Crippen LogP contribution in [0.4, 0.5) is 0 Å². The maximum Gasteiger partial charge on any atom is 0.266 e. The summed E-state index contributed by atoms with van der Waals surface area (Å²) in [5, 5.41) is 0.827. The van der Waals surface area contributed by atoms with Crippen molar-refractivity contribution >= 4 is 28.6 Å². The van der Waals surface area contributed by atoms with Gasteiger partial charge in [-0.15, -0.1) is 0 Å². The number of aromatic nitrogens is 2. The van der Waals surface area contributed by atoms with Gasteiger partial charge in [0.2, 0.25) is 5.91 Å². The quantitative estimate of drug-likeness (QED) is 0.460. The monoisotopic (exact) mass is 421 g/mol. The van der Waals surface area contributed by atoms with Crippen LogP contribution in [0.15, 0.2) is 52.4 Å². The lowest BCUT2D eigenvalue weighted by Gasteiger charge is -2.29. The summed E-state index contributed by atoms with van der Waals surface area (Å²) in [7, 11) is 0. The minimum atomic E-state index is -0.312. The number of thioether (sulfide) groups is 1. The third-order valence-electron chi connectivity index (χ3n) is 5.64. The molecule has 0 N–H and O–H groups in total. The van der Waals surface area contributed by atoms with E-state index in [1.165, 1.54) is 18.2 Å². The lowest BCUT2D eigenvalue weighted by atomic mass is 10.1. The van der Waals surface area contributed by atoms with Gasteiger partial charge in [-0.25, -0.2) is 4.98 Å². The van der Waals surface area contributed by atoms with Crippen LogP contribution in [0.3, 0.4) is 0 Å². The van der Waals surface area contributed by atoms with Crippen molar-refractivity contribution in [2.45, 2.75) is 50.4 Å². The van der Waals surface area contributed by atoms with E-state index in [0.29, 0.717) is 16.1 Å². The van der Waals surface area contributed by atoms with E-state index in [1.807, 2.05) is 56.0 Å². The predicted molar refractivity (Wildman–Crippen MR) is 123 cm³/mol. The number of hydrogen-bond donors (Lipinski definition) is 0. The van der Waals surface area contributed by atoms with Gasteiger partial charge in [0.05, 0.1) is 21.8 Å². The Bertz CT molecular complexity index is 1150. The van der Waals surface area contributed by atoms with Crippen LogP contribution in [0.25, 0.3) is 16.6 Å².